The van der Waals surface area contributed by atoms with Crippen LogP contribution in [-0.2, 0) is 0 Å². The van der Waals surface area contributed by atoms with Gasteiger partial charge in [0.15, 0.2) is 0 Å². The lowest BCUT2D eigenvalue weighted by Crippen LogP contribution is -2.31. The van der Waals surface area contributed by atoms with Crippen molar-refractivity contribution in [3.05, 3.63) is 35.9 Å². The quantitative estimate of drug-likeness (QED) is 0.778. The summed E-state index contributed by atoms with van der Waals surface area (Å²) in [5, 5.41) is 3.78. The molecule has 1 fully saturated rings. The van der Waals surface area contributed by atoms with Gasteiger partial charge in [-0.3, -0.25) is 0 Å². The number of nitrogens with one attached hydrogen (secondary N) is 1. The molecule has 0 radical (unpaired) electrons. The molecule has 0 aromatic heterocycles. The average molecular weight is 245 g/mol. The van der Waals surface area contributed by atoms with Crippen LogP contribution in [0, 0.1) is 5.92 Å². The summed E-state index contributed by atoms with van der Waals surface area (Å²) in [6, 6.07) is 11.6. The molecule has 1 nitrogen and oxygen atoms in total. The maximum Gasteiger partial charge on any atom is 0.00674 e. The molecule has 2 rings (SSSR count). The highest BCUT2D eigenvalue weighted by Gasteiger charge is 2.16. The molecule has 1 heteroatoms. The first-order valence-electron chi connectivity index (χ1n) is 7.54. The Morgan fingerprint density at radius 3 is 2.67 bits per heavy atom. The van der Waals surface area contributed by atoms with Gasteiger partial charge < -0.3 is 5.32 Å². The summed E-state index contributed by atoms with van der Waals surface area (Å²) in [5.74, 6) is 1.55. The van der Waals surface area contributed by atoms with Crippen molar-refractivity contribution in [2.75, 3.05) is 6.54 Å². The summed E-state index contributed by atoms with van der Waals surface area (Å²) in [5.41, 5.74) is 1.45. The molecule has 3 atom stereocenters. The molecule has 3 unspecified atom stereocenters. The van der Waals surface area contributed by atoms with Crippen molar-refractivity contribution < 1.29 is 0 Å². The zero-order chi connectivity index (χ0) is 12.8. The Morgan fingerprint density at radius 2 is 1.89 bits per heavy atom. The van der Waals surface area contributed by atoms with Crippen LogP contribution in [0.4, 0.5) is 0 Å². The molecular formula is C17H27N. The monoisotopic (exact) mass is 245 g/mol. The van der Waals surface area contributed by atoms with Crippen LogP contribution in [0.2, 0.25) is 0 Å². The molecule has 0 heterocycles. The first-order valence-corrected chi connectivity index (χ1v) is 7.54. The Hall–Kier alpha value is -0.820. The van der Waals surface area contributed by atoms with Crippen molar-refractivity contribution in [1.82, 2.24) is 5.32 Å². The van der Waals surface area contributed by atoms with Gasteiger partial charge in [0.1, 0.15) is 0 Å². The van der Waals surface area contributed by atoms with Crippen LogP contribution in [0.25, 0.3) is 0 Å². The van der Waals surface area contributed by atoms with Gasteiger partial charge in [-0.05, 0) is 36.7 Å². The molecule has 1 aromatic carbocycles. The minimum atomic E-state index is 0.617. The van der Waals surface area contributed by atoms with E-state index in [0.29, 0.717) is 5.92 Å². The van der Waals surface area contributed by atoms with Gasteiger partial charge in [0.05, 0.1) is 0 Å². The van der Waals surface area contributed by atoms with Gasteiger partial charge in [0.25, 0.3) is 0 Å². The molecule has 100 valence electrons. The normalized spacial score (nSPS) is 26.6. The number of benzene rings is 1. The third kappa shape index (κ3) is 4.13. The van der Waals surface area contributed by atoms with Crippen molar-refractivity contribution in [1.29, 1.82) is 0 Å². The molecule has 0 amide bonds. The highest BCUT2D eigenvalue weighted by atomic mass is 14.9. The van der Waals surface area contributed by atoms with Crippen molar-refractivity contribution in [3.63, 3.8) is 0 Å². The second-order valence-corrected chi connectivity index (χ2v) is 6.03. The fraction of sp³-hybridized carbons (Fsp3) is 0.647. The summed E-state index contributed by atoms with van der Waals surface area (Å²) in [7, 11) is 0. The third-order valence-electron chi connectivity index (χ3n) is 4.34. The predicted octanol–water partition coefficient (Wildman–Crippen LogP) is 4.35. The Bertz CT molecular complexity index is 333. The minimum Gasteiger partial charge on any atom is -0.313 e. The first-order chi connectivity index (χ1) is 8.75. The second-order valence-electron chi connectivity index (χ2n) is 6.03. The van der Waals surface area contributed by atoms with Crippen LogP contribution < -0.4 is 5.32 Å². The maximum absolute atomic E-state index is 3.78. The minimum absolute atomic E-state index is 0.617. The summed E-state index contributed by atoms with van der Waals surface area (Å²) >= 11 is 0. The van der Waals surface area contributed by atoms with E-state index in [1.807, 2.05) is 0 Å². The molecule has 0 spiro atoms. The van der Waals surface area contributed by atoms with Gasteiger partial charge in [0, 0.05) is 12.6 Å². The SMILES string of the molecule is CC1CCCC(NCC(C)c2ccccc2)CC1. The Labute approximate surface area is 112 Å². The van der Waals surface area contributed by atoms with E-state index < -0.39 is 0 Å². The lowest BCUT2D eigenvalue weighted by atomic mass is 10.00. The van der Waals surface area contributed by atoms with E-state index in [2.05, 4.69) is 49.5 Å². The molecule has 1 aliphatic carbocycles. The predicted molar refractivity (Wildman–Crippen MR) is 78.9 cm³/mol. The smallest absolute Gasteiger partial charge is 0.00674 e. The van der Waals surface area contributed by atoms with Gasteiger partial charge >= 0.3 is 0 Å². The van der Waals surface area contributed by atoms with Crippen molar-refractivity contribution in [3.8, 4) is 0 Å². The topological polar surface area (TPSA) is 12.0 Å². The van der Waals surface area contributed by atoms with Crippen LogP contribution in [0.3, 0.4) is 0 Å². The zero-order valence-corrected chi connectivity index (χ0v) is 11.9. The van der Waals surface area contributed by atoms with Crippen LogP contribution in [0.1, 0.15) is 57.4 Å². The lowest BCUT2D eigenvalue weighted by molar-refractivity contribution is 0.437. The summed E-state index contributed by atoms with van der Waals surface area (Å²) in [6.45, 7) is 5.83. The van der Waals surface area contributed by atoms with E-state index in [0.717, 1.165) is 18.5 Å². The standard InChI is InChI=1S/C17H27N/c1-14-7-6-10-17(12-11-14)18-13-15(2)16-8-4-3-5-9-16/h3-5,8-9,14-15,17-18H,6-7,10-13H2,1-2H3. The van der Waals surface area contributed by atoms with E-state index in [4.69, 9.17) is 0 Å². The highest BCUT2D eigenvalue weighted by Crippen LogP contribution is 2.23. The van der Waals surface area contributed by atoms with Gasteiger partial charge in [-0.25, -0.2) is 0 Å². The molecule has 18 heavy (non-hydrogen) atoms. The van der Waals surface area contributed by atoms with Crippen molar-refractivity contribution in [2.24, 2.45) is 5.92 Å². The van der Waals surface area contributed by atoms with Crippen molar-refractivity contribution in [2.45, 2.75) is 57.9 Å². The largest absolute Gasteiger partial charge is 0.313 e. The van der Waals surface area contributed by atoms with Gasteiger partial charge in [0.2, 0.25) is 0 Å². The number of rotatable bonds is 4. The summed E-state index contributed by atoms with van der Waals surface area (Å²) < 4.78 is 0. The molecule has 1 aromatic rings. The van der Waals surface area contributed by atoms with Gasteiger partial charge in [-0.2, -0.15) is 0 Å². The molecule has 0 bridgehead atoms. The zero-order valence-electron chi connectivity index (χ0n) is 11.9. The summed E-state index contributed by atoms with van der Waals surface area (Å²) in [4.78, 5) is 0. The van der Waals surface area contributed by atoms with E-state index in [-0.39, 0.29) is 0 Å². The Kier molecular flexibility index (Phi) is 5.25. The van der Waals surface area contributed by atoms with E-state index in [1.54, 1.807) is 0 Å². The fourth-order valence-electron chi connectivity index (χ4n) is 2.93. The van der Waals surface area contributed by atoms with E-state index in [1.165, 1.54) is 37.7 Å². The van der Waals surface area contributed by atoms with Crippen LogP contribution in [-0.4, -0.2) is 12.6 Å². The highest BCUT2D eigenvalue weighted by molar-refractivity contribution is 5.18. The lowest BCUT2D eigenvalue weighted by Gasteiger charge is -2.20. The van der Waals surface area contributed by atoms with Gasteiger partial charge in [-0.1, -0.05) is 57.0 Å². The Morgan fingerprint density at radius 1 is 1.11 bits per heavy atom. The fourth-order valence-corrected chi connectivity index (χ4v) is 2.93. The maximum atomic E-state index is 3.78. The second kappa shape index (κ2) is 6.94. The van der Waals surface area contributed by atoms with Crippen LogP contribution >= 0.6 is 0 Å². The summed E-state index contributed by atoms with van der Waals surface area (Å²) in [6.07, 6.45) is 6.96. The molecule has 0 saturated heterocycles. The van der Waals surface area contributed by atoms with E-state index >= 15 is 0 Å². The van der Waals surface area contributed by atoms with Crippen LogP contribution in [0.15, 0.2) is 30.3 Å². The first kappa shape index (κ1) is 13.6. The van der Waals surface area contributed by atoms with E-state index in [9.17, 15) is 0 Å². The molecule has 1 N–H and O–H groups in total. The number of hydrogen-bond acceptors (Lipinski definition) is 1. The van der Waals surface area contributed by atoms with Gasteiger partial charge in [-0.15, -0.1) is 0 Å². The molecule has 1 aliphatic rings. The van der Waals surface area contributed by atoms with Crippen molar-refractivity contribution >= 4 is 0 Å². The molecular weight excluding hydrogens is 218 g/mol. The number of hydrogen-bond donors (Lipinski definition) is 1. The average Bonchev–Trinajstić information content (AvgIpc) is 2.62. The Balaban J connectivity index is 1.77. The third-order valence-corrected chi connectivity index (χ3v) is 4.34. The molecule has 0 aliphatic heterocycles. The van der Waals surface area contributed by atoms with Crippen LogP contribution in [0.5, 0.6) is 0 Å². The molecule has 1 saturated carbocycles.